The van der Waals surface area contributed by atoms with Gasteiger partial charge >= 0.3 is 5.97 Å². The predicted octanol–water partition coefficient (Wildman–Crippen LogP) is 1.25. The molecule has 1 aromatic carbocycles. The third kappa shape index (κ3) is 3.18. The van der Waals surface area contributed by atoms with Crippen LogP contribution in [0.3, 0.4) is 0 Å². The first kappa shape index (κ1) is 10.7. The fourth-order valence-corrected chi connectivity index (χ4v) is 1.09. The molecule has 0 bridgehead atoms. The van der Waals surface area contributed by atoms with Crippen molar-refractivity contribution in [2.75, 3.05) is 6.54 Å². The molecule has 0 aromatic heterocycles. The summed E-state index contributed by atoms with van der Waals surface area (Å²) in [5.74, 6) is -0.371. The number of hydrogen-bond acceptors (Lipinski definition) is 3. The second-order valence-corrected chi connectivity index (χ2v) is 3.03. The zero-order valence-corrected chi connectivity index (χ0v) is 8.32. The summed E-state index contributed by atoms with van der Waals surface area (Å²) in [6, 6.07) is 7.99. The van der Waals surface area contributed by atoms with Gasteiger partial charge < -0.3 is 10.5 Å². The lowest BCUT2D eigenvalue weighted by molar-refractivity contribution is -0.143. The van der Waals surface area contributed by atoms with Crippen molar-refractivity contribution in [2.24, 2.45) is 5.73 Å². The highest BCUT2D eigenvalue weighted by Crippen LogP contribution is 2.06. The number of aryl methyl sites for hydroxylation is 1. The van der Waals surface area contributed by atoms with Gasteiger partial charge in [-0.25, -0.2) is 0 Å². The van der Waals surface area contributed by atoms with Crippen LogP contribution in [0.2, 0.25) is 0 Å². The van der Waals surface area contributed by atoms with E-state index in [1.807, 2.05) is 24.3 Å². The average Bonchev–Trinajstić information content (AvgIpc) is 2.26. The topological polar surface area (TPSA) is 52.3 Å². The van der Waals surface area contributed by atoms with Crippen molar-refractivity contribution < 1.29 is 9.53 Å². The van der Waals surface area contributed by atoms with Gasteiger partial charge in [0.1, 0.15) is 6.61 Å². The highest BCUT2D eigenvalue weighted by Gasteiger charge is 1.99. The van der Waals surface area contributed by atoms with Crippen molar-refractivity contribution in [2.45, 2.75) is 20.0 Å². The first-order valence-corrected chi connectivity index (χ1v) is 4.69. The first-order valence-electron chi connectivity index (χ1n) is 4.69. The molecule has 0 amide bonds. The van der Waals surface area contributed by atoms with Gasteiger partial charge in [-0.2, -0.15) is 0 Å². The van der Waals surface area contributed by atoms with Gasteiger partial charge in [0.25, 0.3) is 0 Å². The van der Waals surface area contributed by atoms with Crippen molar-refractivity contribution >= 4 is 5.97 Å². The van der Waals surface area contributed by atoms with E-state index in [9.17, 15) is 4.79 Å². The lowest BCUT2D eigenvalue weighted by Crippen LogP contribution is -2.16. The molecule has 0 aliphatic rings. The highest BCUT2D eigenvalue weighted by atomic mass is 16.5. The van der Waals surface area contributed by atoms with Crippen LogP contribution >= 0.6 is 0 Å². The van der Waals surface area contributed by atoms with Crippen LogP contribution in [0.1, 0.15) is 18.1 Å². The molecule has 0 fully saturated rings. The molecule has 0 spiro atoms. The lowest BCUT2D eigenvalue weighted by atomic mass is 10.1. The van der Waals surface area contributed by atoms with E-state index in [0.717, 1.165) is 12.0 Å². The number of ether oxygens (including phenoxy) is 1. The zero-order chi connectivity index (χ0) is 10.4. The molecule has 0 aliphatic heterocycles. The molecule has 0 unspecified atom stereocenters. The van der Waals surface area contributed by atoms with E-state index in [0.29, 0.717) is 6.61 Å². The van der Waals surface area contributed by atoms with E-state index in [1.165, 1.54) is 5.56 Å². The van der Waals surface area contributed by atoms with E-state index in [4.69, 9.17) is 10.5 Å². The molecule has 0 saturated heterocycles. The van der Waals surface area contributed by atoms with Crippen LogP contribution in [0.4, 0.5) is 0 Å². The summed E-state index contributed by atoms with van der Waals surface area (Å²) in [7, 11) is 0. The minimum atomic E-state index is -0.371. The summed E-state index contributed by atoms with van der Waals surface area (Å²) in [5.41, 5.74) is 7.37. The fourth-order valence-electron chi connectivity index (χ4n) is 1.09. The summed E-state index contributed by atoms with van der Waals surface area (Å²) < 4.78 is 4.89. The fraction of sp³-hybridized carbons (Fsp3) is 0.364. The first-order chi connectivity index (χ1) is 6.76. The molecule has 3 nitrogen and oxygen atoms in total. The molecule has 1 aromatic rings. The van der Waals surface area contributed by atoms with Crippen LogP contribution in [-0.4, -0.2) is 12.5 Å². The quantitative estimate of drug-likeness (QED) is 0.732. The van der Waals surface area contributed by atoms with Crippen LogP contribution in [0, 0.1) is 0 Å². The van der Waals surface area contributed by atoms with Crippen LogP contribution in [0.25, 0.3) is 0 Å². The molecule has 2 N–H and O–H groups in total. The van der Waals surface area contributed by atoms with Crippen molar-refractivity contribution in [3.8, 4) is 0 Å². The number of carbonyl (C=O) groups excluding carboxylic acids is 1. The summed E-state index contributed by atoms with van der Waals surface area (Å²) in [4.78, 5) is 10.8. The second-order valence-electron chi connectivity index (χ2n) is 3.03. The van der Waals surface area contributed by atoms with E-state index in [-0.39, 0.29) is 12.5 Å². The molecule has 0 heterocycles. The predicted molar refractivity (Wildman–Crippen MR) is 54.7 cm³/mol. The molecule has 0 aliphatic carbocycles. The molecular weight excluding hydrogens is 178 g/mol. The van der Waals surface area contributed by atoms with E-state index in [2.05, 4.69) is 6.92 Å². The smallest absolute Gasteiger partial charge is 0.320 e. The zero-order valence-electron chi connectivity index (χ0n) is 8.32. The number of rotatable bonds is 4. The molecule has 3 heteroatoms. The average molecular weight is 193 g/mol. The van der Waals surface area contributed by atoms with Gasteiger partial charge in [-0.15, -0.1) is 0 Å². The van der Waals surface area contributed by atoms with Gasteiger partial charge in [-0.1, -0.05) is 31.2 Å². The van der Waals surface area contributed by atoms with Crippen molar-refractivity contribution in [3.05, 3.63) is 35.4 Å². The van der Waals surface area contributed by atoms with Gasteiger partial charge in [0.2, 0.25) is 0 Å². The molecular formula is C11H15NO2. The summed E-state index contributed by atoms with van der Waals surface area (Å²) in [6.07, 6.45) is 1.02. The normalized spacial score (nSPS) is 9.86. The van der Waals surface area contributed by atoms with E-state index >= 15 is 0 Å². The maximum atomic E-state index is 10.8. The van der Waals surface area contributed by atoms with Gasteiger partial charge in [-0.3, -0.25) is 4.79 Å². The third-order valence-electron chi connectivity index (χ3n) is 2.00. The minimum Gasteiger partial charge on any atom is -0.460 e. The Morgan fingerprint density at radius 1 is 1.29 bits per heavy atom. The van der Waals surface area contributed by atoms with Crippen molar-refractivity contribution in [1.29, 1.82) is 0 Å². The number of hydrogen-bond donors (Lipinski definition) is 1. The maximum Gasteiger partial charge on any atom is 0.320 e. The standard InChI is InChI=1S/C11H15NO2/c1-2-9-3-5-10(6-4-9)8-14-11(13)7-12/h3-6H,2,7-8,12H2,1H3. The Kier molecular flexibility index (Phi) is 4.13. The van der Waals surface area contributed by atoms with Gasteiger partial charge in [-0.05, 0) is 17.5 Å². The molecule has 76 valence electrons. The third-order valence-corrected chi connectivity index (χ3v) is 2.00. The Balaban J connectivity index is 2.47. The summed E-state index contributed by atoms with van der Waals surface area (Å²) in [6.45, 7) is 2.34. The lowest BCUT2D eigenvalue weighted by Gasteiger charge is -2.03. The Hall–Kier alpha value is -1.35. The monoisotopic (exact) mass is 193 g/mol. The van der Waals surface area contributed by atoms with Crippen LogP contribution in [-0.2, 0) is 22.6 Å². The van der Waals surface area contributed by atoms with Gasteiger partial charge in [0.15, 0.2) is 0 Å². The number of esters is 1. The maximum absolute atomic E-state index is 10.8. The SMILES string of the molecule is CCc1ccc(COC(=O)CN)cc1. The summed E-state index contributed by atoms with van der Waals surface area (Å²) in [5, 5.41) is 0. The second kappa shape index (κ2) is 5.40. The van der Waals surface area contributed by atoms with E-state index < -0.39 is 0 Å². The minimum absolute atomic E-state index is 0.0625. The highest BCUT2D eigenvalue weighted by molar-refractivity contribution is 5.71. The Labute approximate surface area is 83.9 Å². The van der Waals surface area contributed by atoms with Crippen molar-refractivity contribution in [1.82, 2.24) is 0 Å². The largest absolute Gasteiger partial charge is 0.460 e. The van der Waals surface area contributed by atoms with Crippen molar-refractivity contribution in [3.63, 3.8) is 0 Å². The van der Waals surface area contributed by atoms with E-state index in [1.54, 1.807) is 0 Å². The molecule has 0 saturated carbocycles. The van der Waals surface area contributed by atoms with Crippen LogP contribution in [0.15, 0.2) is 24.3 Å². The molecule has 1 rings (SSSR count). The van der Waals surface area contributed by atoms with Gasteiger partial charge in [0.05, 0.1) is 6.54 Å². The number of benzene rings is 1. The Bertz CT molecular complexity index is 293. The number of carbonyl (C=O) groups is 1. The Morgan fingerprint density at radius 2 is 1.86 bits per heavy atom. The molecule has 0 radical (unpaired) electrons. The Morgan fingerprint density at radius 3 is 2.36 bits per heavy atom. The van der Waals surface area contributed by atoms with Gasteiger partial charge in [0, 0.05) is 0 Å². The van der Waals surface area contributed by atoms with Crippen LogP contribution in [0.5, 0.6) is 0 Å². The van der Waals surface area contributed by atoms with Crippen LogP contribution < -0.4 is 5.73 Å². The molecule has 14 heavy (non-hydrogen) atoms. The summed E-state index contributed by atoms with van der Waals surface area (Å²) >= 11 is 0. The molecule has 0 atom stereocenters. The number of nitrogens with two attached hydrogens (primary N) is 1.